The number of hydrogen-bond acceptors (Lipinski definition) is 5. The second-order valence-corrected chi connectivity index (χ2v) is 4.91. The fourth-order valence-corrected chi connectivity index (χ4v) is 2.51. The van der Waals surface area contributed by atoms with Gasteiger partial charge in [-0.15, -0.1) is 11.3 Å². The fraction of sp³-hybridized carbons (Fsp3) is 0.143. The lowest BCUT2D eigenvalue weighted by molar-refractivity contribution is 0.0698. The van der Waals surface area contributed by atoms with Gasteiger partial charge in [0, 0.05) is 6.07 Å². The molecule has 0 atom stereocenters. The Balaban J connectivity index is 2.28. The third-order valence-electron chi connectivity index (χ3n) is 2.78. The molecular formula is C14H13NO5S. The number of carboxylic acids is 1. The molecule has 0 aliphatic rings. The standard InChI is InChI=1S/C14H13NO5S/c1-19-8-3-4-9(11(7-8)20-2)12(16)15-13-10(14(17)18)5-6-21-13/h3-7H,1-2H3,(H,15,16)(H,17,18). The summed E-state index contributed by atoms with van der Waals surface area (Å²) in [6.07, 6.45) is 0. The van der Waals surface area contributed by atoms with Crippen molar-refractivity contribution in [1.82, 2.24) is 0 Å². The largest absolute Gasteiger partial charge is 0.497 e. The highest BCUT2D eigenvalue weighted by atomic mass is 32.1. The number of ether oxygens (including phenoxy) is 2. The van der Waals surface area contributed by atoms with Gasteiger partial charge < -0.3 is 19.9 Å². The maximum atomic E-state index is 12.2. The van der Waals surface area contributed by atoms with E-state index in [2.05, 4.69) is 5.32 Å². The highest BCUT2D eigenvalue weighted by Gasteiger charge is 2.18. The molecule has 0 aliphatic carbocycles. The number of benzene rings is 1. The zero-order valence-electron chi connectivity index (χ0n) is 11.4. The number of anilines is 1. The van der Waals surface area contributed by atoms with Crippen molar-refractivity contribution in [3.63, 3.8) is 0 Å². The van der Waals surface area contributed by atoms with Gasteiger partial charge in [0.2, 0.25) is 0 Å². The summed E-state index contributed by atoms with van der Waals surface area (Å²) in [5.74, 6) is -0.626. The van der Waals surface area contributed by atoms with Gasteiger partial charge in [-0.05, 0) is 23.6 Å². The van der Waals surface area contributed by atoms with Gasteiger partial charge in [0.25, 0.3) is 5.91 Å². The quantitative estimate of drug-likeness (QED) is 0.887. The van der Waals surface area contributed by atoms with E-state index in [9.17, 15) is 9.59 Å². The first kappa shape index (κ1) is 14.9. The number of rotatable bonds is 5. The number of nitrogens with one attached hydrogen (secondary N) is 1. The molecule has 0 aliphatic heterocycles. The van der Waals surface area contributed by atoms with Gasteiger partial charge in [0.05, 0.1) is 25.3 Å². The van der Waals surface area contributed by atoms with E-state index in [1.165, 1.54) is 20.3 Å². The Morgan fingerprint density at radius 2 is 1.90 bits per heavy atom. The van der Waals surface area contributed by atoms with Gasteiger partial charge in [-0.3, -0.25) is 4.79 Å². The molecule has 1 heterocycles. The minimum absolute atomic E-state index is 0.0563. The summed E-state index contributed by atoms with van der Waals surface area (Å²) in [5.41, 5.74) is 0.351. The van der Waals surface area contributed by atoms with E-state index in [-0.39, 0.29) is 10.6 Å². The average Bonchev–Trinajstić information content (AvgIpc) is 2.94. The van der Waals surface area contributed by atoms with E-state index in [0.29, 0.717) is 17.1 Å². The number of carbonyl (C=O) groups excluding carboxylic acids is 1. The van der Waals surface area contributed by atoms with Crippen LogP contribution in [0.5, 0.6) is 11.5 Å². The van der Waals surface area contributed by atoms with Crippen LogP contribution in [0.4, 0.5) is 5.00 Å². The number of amides is 1. The Morgan fingerprint density at radius 1 is 1.14 bits per heavy atom. The van der Waals surface area contributed by atoms with Crippen LogP contribution >= 0.6 is 11.3 Å². The van der Waals surface area contributed by atoms with Gasteiger partial charge in [-0.2, -0.15) is 0 Å². The Kier molecular flexibility index (Phi) is 4.44. The molecule has 1 aromatic carbocycles. The minimum Gasteiger partial charge on any atom is -0.497 e. The average molecular weight is 307 g/mol. The predicted octanol–water partition coefficient (Wildman–Crippen LogP) is 2.72. The molecule has 0 spiro atoms. The zero-order chi connectivity index (χ0) is 15.4. The van der Waals surface area contributed by atoms with Gasteiger partial charge in [-0.25, -0.2) is 4.79 Å². The molecule has 0 saturated heterocycles. The smallest absolute Gasteiger partial charge is 0.338 e. The molecule has 0 saturated carbocycles. The highest BCUT2D eigenvalue weighted by Crippen LogP contribution is 2.28. The summed E-state index contributed by atoms with van der Waals surface area (Å²) < 4.78 is 10.2. The number of hydrogen-bond donors (Lipinski definition) is 2. The SMILES string of the molecule is COc1ccc(C(=O)Nc2sccc2C(=O)O)c(OC)c1. The van der Waals surface area contributed by atoms with Crippen molar-refractivity contribution in [2.45, 2.75) is 0 Å². The summed E-state index contributed by atoms with van der Waals surface area (Å²) in [6.45, 7) is 0. The molecule has 0 fully saturated rings. The van der Waals surface area contributed by atoms with Crippen molar-refractivity contribution in [1.29, 1.82) is 0 Å². The molecule has 2 N–H and O–H groups in total. The van der Waals surface area contributed by atoms with Crippen molar-refractivity contribution < 1.29 is 24.2 Å². The van der Waals surface area contributed by atoms with Crippen LogP contribution in [0.1, 0.15) is 20.7 Å². The number of carbonyl (C=O) groups is 2. The highest BCUT2D eigenvalue weighted by molar-refractivity contribution is 7.14. The van der Waals surface area contributed by atoms with Gasteiger partial charge in [-0.1, -0.05) is 0 Å². The van der Waals surface area contributed by atoms with Crippen LogP contribution in [0, 0.1) is 0 Å². The molecule has 6 nitrogen and oxygen atoms in total. The normalized spacial score (nSPS) is 10.0. The van der Waals surface area contributed by atoms with Crippen molar-refractivity contribution >= 4 is 28.2 Å². The van der Waals surface area contributed by atoms with E-state index in [0.717, 1.165) is 11.3 Å². The van der Waals surface area contributed by atoms with Crippen LogP contribution in [0.15, 0.2) is 29.6 Å². The maximum Gasteiger partial charge on any atom is 0.338 e. The van der Waals surface area contributed by atoms with Gasteiger partial charge in [0.15, 0.2) is 0 Å². The van der Waals surface area contributed by atoms with Crippen molar-refractivity contribution in [2.75, 3.05) is 19.5 Å². The Bertz CT molecular complexity index is 680. The van der Waals surface area contributed by atoms with Crippen molar-refractivity contribution in [3.05, 3.63) is 40.8 Å². The van der Waals surface area contributed by atoms with Crippen LogP contribution in [0.25, 0.3) is 0 Å². The van der Waals surface area contributed by atoms with Crippen molar-refractivity contribution in [2.24, 2.45) is 0 Å². The summed E-state index contributed by atoms with van der Waals surface area (Å²) in [6, 6.07) is 6.21. The monoisotopic (exact) mass is 307 g/mol. The third-order valence-corrected chi connectivity index (χ3v) is 3.61. The van der Waals surface area contributed by atoms with E-state index in [1.54, 1.807) is 23.6 Å². The molecule has 2 rings (SSSR count). The molecule has 1 aromatic heterocycles. The first-order valence-corrected chi connectivity index (χ1v) is 6.79. The summed E-state index contributed by atoms with van der Waals surface area (Å²) in [5, 5.41) is 13.5. The topological polar surface area (TPSA) is 84.9 Å². The number of carboxylic acid groups (broad SMARTS) is 1. The summed E-state index contributed by atoms with van der Waals surface area (Å²) >= 11 is 1.14. The first-order valence-electron chi connectivity index (χ1n) is 5.91. The van der Waals surface area contributed by atoms with Crippen LogP contribution in [0.3, 0.4) is 0 Å². The number of aromatic carboxylic acids is 1. The van der Waals surface area contributed by atoms with E-state index < -0.39 is 11.9 Å². The summed E-state index contributed by atoms with van der Waals surface area (Å²) in [7, 11) is 2.96. The lowest BCUT2D eigenvalue weighted by Gasteiger charge is -2.10. The zero-order valence-corrected chi connectivity index (χ0v) is 12.2. The van der Waals surface area contributed by atoms with Crippen LogP contribution in [0.2, 0.25) is 0 Å². The predicted molar refractivity (Wildman–Crippen MR) is 78.8 cm³/mol. The molecule has 110 valence electrons. The van der Waals surface area contributed by atoms with Crippen LogP contribution < -0.4 is 14.8 Å². The molecule has 21 heavy (non-hydrogen) atoms. The van der Waals surface area contributed by atoms with Gasteiger partial charge in [0.1, 0.15) is 16.5 Å². The number of thiophene rings is 1. The molecule has 0 unspecified atom stereocenters. The van der Waals surface area contributed by atoms with Crippen molar-refractivity contribution in [3.8, 4) is 11.5 Å². The lowest BCUT2D eigenvalue weighted by atomic mass is 10.1. The Labute approximate surface area is 124 Å². The van der Waals surface area contributed by atoms with Crippen LogP contribution in [-0.2, 0) is 0 Å². The Morgan fingerprint density at radius 3 is 2.52 bits per heavy atom. The molecule has 7 heteroatoms. The third kappa shape index (κ3) is 3.14. The molecule has 0 radical (unpaired) electrons. The lowest BCUT2D eigenvalue weighted by Crippen LogP contribution is -2.14. The second kappa shape index (κ2) is 6.27. The number of methoxy groups -OCH3 is 2. The molecule has 2 aromatic rings. The first-order chi connectivity index (χ1) is 10.1. The summed E-state index contributed by atoms with van der Waals surface area (Å²) in [4.78, 5) is 23.3. The molecule has 0 bridgehead atoms. The maximum absolute atomic E-state index is 12.2. The van der Waals surface area contributed by atoms with E-state index in [1.807, 2.05) is 0 Å². The van der Waals surface area contributed by atoms with E-state index >= 15 is 0 Å². The molecule has 1 amide bonds. The fourth-order valence-electron chi connectivity index (χ4n) is 1.73. The van der Waals surface area contributed by atoms with Gasteiger partial charge >= 0.3 is 5.97 Å². The Hall–Kier alpha value is -2.54. The minimum atomic E-state index is -1.09. The molecular weight excluding hydrogens is 294 g/mol. The van der Waals surface area contributed by atoms with E-state index in [4.69, 9.17) is 14.6 Å². The van der Waals surface area contributed by atoms with Crippen LogP contribution in [-0.4, -0.2) is 31.2 Å². The second-order valence-electron chi connectivity index (χ2n) is 3.99.